The Balaban J connectivity index is 1.68. The van der Waals surface area contributed by atoms with Crippen molar-refractivity contribution in [1.29, 1.82) is 5.26 Å². The molecular weight excluding hydrogens is 547 g/mol. The highest BCUT2D eigenvalue weighted by atomic mass is 19.3. The molecule has 0 saturated carbocycles. The van der Waals surface area contributed by atoms with Crippen molar-refractivity contribution < 1.29 is 41.9 Å². The van der Waals surface area contributed by atoms with Gasteiger partial charge in [-0.05, 0) is 58.2 Å². The maximum Gasteiger partial charge on any atom is 0.475 e. The summed E-state index contributed by atoms with van der Waals surface area (Å²) in [5.74, 6) is -5.25. The van der Waals surface area contributed by atoms with Gasteiger partial charge in [0.15, 0.2) is 0 Å². The summed E-state index contributed by atoms with van der Waals surface area (Å²) < 4.78 is 60.9. The predicted molar refractivity (Wildman–Crippen MR) is 142 cm³/mol. The van der Waals surface area contributed by atoms with E-state index in [-0.39, 0.29) is 38.8 Å². The van der Waals surface area contributed by atoms with Crippen LogP contribution in [-0.2, 0) is 16.0 Å². The van der Waals surface area contributed by atoms with Crippen molar-refractivity contribution in [3.8, 4) is 6.07 Å². The number of halogens is 4. The molecule has 2 fully saturated rings. The van der Waals surface area contributed by atoms with E-state index >= 15 is 0 Å². The van der Waals surface area contributed by atoms with Crippen molar-refractivity contribution in [3.63, 3.8) is 0 Å². The van der Waals surface area contributed by atoms with E-state index in [2.05, 4.69) is 5.32 Å². The van der Waals surface area contributed by atoms with E-state index < -0.39 is 72.6 Å². The third kappa shape index (κ3) is 7.90. The minimum atomic E-state index is -2.86. The molecule has 4 atom stereocenters. The third-order valence-corrected chi connectivity index (χ3v) is 8.02. The van der Waals surface area contributed by atoms with Gasteiger partial charge < -0.3 is 25.0 Å². The fraction of sp³-hybridized carbons (Fsp3) is 0.667. The van der Waals surface area contributed by atoms with Crippen molar-refractivity contribution >= 4 is 19.1 Å². The van der Waals surface area contributed by atoms with Crippen molar-refractivity contribution in [2.24, 2.45) is 5.41 Å². The molecule has 0 radical (unpaired) electrons. The van der Waals surface area contributed by atoms with Gasteiger partial charge in [0.05, 0.1) is 30.6 Å². The van der Waals surface area contributed by atoms with Crippen LogP contribution < -0.4 is 5.32 Å². The number of rotatable bonds is 10. The lowest BCUT2D eigenvalue weighted by Crippen LogP contribution is -2.56. The number of carbonyl (C=O) groups excluding carboxylic acids is 2. The van der Waals surface area contributed by atoms with E-state index in [9.17, 15) is 42.5 Å². The van der Waals surface area contributed by atoms with Crippen LogP contribution in [0, 0.1) is 22.6 Å². The lowest BCUT2D eigenvalue weighted by atomic mass is 9.76. The first kappa shape index (κ1) is 32.6. The Bertz CT molecular complexity index is 1150. The summed E-state index contributed by atoms with van der Waals surface area (Å²) in [4.78, 5) is 29.0. The number of nitriles is 1. The summed E-state index contributed by atoms with van der Waals surface area (Å²) in [5, 5.41) is 31.8. The first-order valence-electron chi connectivity index (χ1n) is 13.4. The zero-order valence-corrected chi connectivity index (χ0v) is 23.7. The maximum absolute atomic E-state index is 14.7. The molecule has 3 N–H and O–H groups in total. The van der Waals surface area contributed by atoms with Crippen LogP contribution in [0.25, 0.3) is 0 Å². The van der Waals surface area contributed by atoms with Gasteiger partial charge in [-0.3, -0.25) is 9.69 Å². The van der Waals surface area contributed by atoms with Gasteiger partial charge in [-0.2, -0.15) is 5.26 Å². The topological polar surface area (TPSA) is 126 Å². The summed E-state index contributed by atoms with van der Waals surface area (Å²) in [5.41, 5.74) is -3.44. The van der Waals surface area contributed by atoms with Crippen LogP contribution in [0.1, 0.15) is 52.5 Å². The largest absolute Gasteiger partial charge is 0.475 e. The highest BCUT2D eigenvalue weighted by molar-refractivity contribution is 6.43. The number of likely N-dealkylation sites (tertiary alicyclic amines) is 2. The standard InChI is InChI=1S/C27H37BF4N4O5/c1-24(2,35-10-9-27(31,32)16-35)14-25(3,15-33)22(37)36-13-20(30)12-26(36,4)17-41-23(38)34-21(28(39)40)11-18-5-7-19(29)8-6-18/h5-8,20-21,39-40H,9-14,16-17H2,1-4H3,(H,34,38)/t20-,21-,25?,26+/m0/s1. The monoisotopic (exact) mass is 584 g/mol. The quantitative estimate of drug-likeness (QED) is 0.285. The SMILES string of the molecule is CC(C#N)(CC(C)(C)N1CCC(F)(F)C1)C(=O)N1C[C@@H](F)C[C@]1(C)COC(=O)N[C@@H](Cc1ccc(F)cc1)B(O)O. The van der Waals surface area contributed by atoms with Crippen molar-refractivity contribution in [2.45, 2.75) is 82.5 Å². The number of nitrogens with zero attached hydrogens (tertiary/aromatic N) is 3. The summed E-state index contributed by atoms with van der Waals surface area (Å²) in [6, 6.07) is 7.23. The molecule has 41 heavy (non-hydrogen) atoms. The zero-order valence-electron chi connectivity index (χ0n) is 23.7. The highest BCUT2D eigenvalue weighted by Crippen LogP contribution is 2.41. The Labute approximate surface area is 237 Å². The zero-order chi connectivity index (χ0) is 30.8. The first-order valence-corrected chi connectivity index (χ1v) is 13.4. The van der Waals surface area contributed by atoms with Gasteiger partial charge in [-0.25, -0.2) is 22.4 Å². The molecule has 0 aromatic heterocycles. The van der Waals surface area contributed by atoms with Crippen LogP contribution in [-0.4, -0.2) is 94.3 Å². The summed E-state index contributed by atoms with van der Waals surface area (Å²) >= 11 is 0. The van der Waals surface area contributed by atoms with Gasteiger partial charge in [0.2, 0.25) is 5.91 Å². The number of amides is 2. The van der Waals surface area contributed by atoms with Crippen LogP contribution in [0.2, 0.25) is 0 Å². The van der Waals surface area contributed by atoms with Gasteiger partial charge >= 0.3 is 13.2 Å². The van der Waals surface area contributed by atoms with Crippen LogP contribution in [0.15, 0.2) is 24.3 Å². The predicted octanol–water partition coefficient (Wildman–Crippen LogP) is 2.84. The second kappa shape index (κ2) is 12.2. The van der Waals surface area contributed by atoms with Gasteiger partial charge in [-0.15, -0.1) is 0 Å². The molecule has 1 aromatic carbocycles. The lowest BCUT2D eigenvalue weighted by Gasteiger charge is -2.43. The number of carbonyl (C=O) groups is 2. The molecule has 0 aliphatic carbocycles. The van der Waals surface area contributed by atoms with Crippen molar-refractivity contribution in [2.75, 3.05) is 26.2 Å². The number of hydrogen-bond acceptors (Lipinski definition) is 7. The summed E-state index contributed by atoms with van der Waals surface area (Å²) in [7, 11) is -1.97. The molecule has 1 aromatic rings. The molecule has 9 nitrogen and oxygen atoms in total. The van der Waals surface area contributed by atoms with Gasteiger partial charge in [0.1, 0.15) is 24.0 Å². The molecule has 2 amide bonds. The van der Waals surface area contributed by atoms with Crippen molar-refractivity contribution in [3.05, 3.63) is 35.6 Å². The highest BCUT2D eigenvalue weighted by Gasteiger charge is 2.53. The van der Waals surface area contributed by atoms with E-state index in [4.69, 9.17) is 4.74 Å². The van der Waals surface area contributed by atoms with E-state index in [0.29, 0.717) is 5.56 Å². The number of alkyl halides is 3. The molecule has 0 spiro atoms. The Morgan fingerprint density at radius 2 is 1.90 bits per heavy atom. The summed E-state index contributed by atoms with van der Waals surface area (Å²) in [6.07, 6.45) is -3.17. The number of hydrogen-bond donors (Lipinski definition) is 3. The molecule has 2 aliphatic rings. The molecule has 14 heteroatoms. The minimum absolute atomic E-state index is 0.0548. The molecule has 0 bridgehead atoms. The van der Waals surface area contributed by atoms with Crippen LogP contribution in [0.3, 0.4) is 0 Å². The number of nitrogens with one attached hydrogen (secondary N) is 1. The molecule has 1 unspecified atom stereocenters. The second-order valence-corrected chi connectivity index (χ2v) is 12.2. The Hall–Kier alpha value is -2.89. The Morgan fingerprint density at radius 3 is 2.44 bits per heavy atom. The normalized spacial score (nSPS) is 24.8. The second-order valence-electron chi connectivity index (χ2n) is 12.2. The molecule has 3 rings (SSSR count). The minimum Gasteiger partial charge on any atom is -0.447 e. The molecule has 2 heterocycles. The van der Waals surface area contributed by atoms with Crippen LogP contribution >= 0.6 is 0 Å². The van der Waals surface area contributed by atoms with Gasteiger partial charge in [-0.1, -0.05) is 12.1 Å². The van der Waals surface area contributed by atoms with E-state index in [0.717, 1.165) is 0 Å². The van der Waals surface area contributed by atoms with Gasteiger partial charge in [0.25, 0.3) is 5.92 Å². The fourth-order valence-corrected chi connectivity index (χ4v) is 5.75. The maximum atomic E-state index is 14.7. The Morgan fingerprint density at radius 1 is 1.27 bits per heavy atom. The smallest absolute Gasteiger partial charge is 0.447 e. The number of alkyl carbamates (subject to hydrolysis) is 1. The number of benzene rings is 1. The molecular formula is C27H37BF4N4O5. The van der Waals surface area contributed by atoms with E-state index in [1.807, 2.05) is 6.07 Å². The van der Waals surface area contributed by atoms with Crippen molar-refractivity contribution in [1.82, 2.24) is 15.1 Å². The Kier molecular flexibility index (Phi) is 9.67. The number of ether oxygens (including phenoxy) is 1. The third-order valence-electron chi connectivity index (χ3n) is 8.02. The average Bonchev–Trinajstić information content (AvgIpc) is 3.41. The van der Waals surface area contributed by atoms with Gasteiger partial charge in [0, 0.05) is 24.9 Å². The van der Waals surface area contributed by atoms with Crippen LogP contribution in [0.4, 0.5) is 22.4 Å². The average molecular weight is 584 g/mol. The van der Waals surface area contributed by atoms with Crippen LogP contribution in [0.5, 0.6) is 0 Å². The first-order chi connectivity index (χ1) is 18.9. The lowest BCUT2D eigenvalue weighted by molar-refractivity contribution is -0.145. The molecule has 2 aliphatic heterocycles. The fourth-order valence-electron chi connectivity index (χ4n) is 5.75. The van der Waals surface area contributed by atoms with E-state index in [1.54, 1.807) is 18.7 Å². The van der Waals surface area contributed by atoms with E-state index in [1.165, 1.54) is 43.0 Å². The summed E-state index contributed by atoms with van der Waals surface area (Å²) in [6.45, 7) is 5.09. The molecule has 226 valence electrons. The molecule has 2 saturated heterocycles.